The van der Waals surface area contributed by atoms with Crippen molar-refractivity contribution in [2.45, 2.75) is 19.8 Å². The second kappa shape index (κ2) is 2.78. The van der Waals surface area contributed by atoms with E-state index in [-0.39, 0.29) is 11.6 Å². The molecule has 0 fully saturated rings. The lowest BCUT2D eigenvalue weighted by Gasteiger charge is -2.04. The topological polar surface area (TPSA) is 17.1 Å². The standard InChI is InChI=1S/C8H9FO/c1-6(10)7-3-2-4-8(9)5-7/h4-5H,2-3H2,1H3. The van der Waals surface area contributed by atoms with Gasteiger partial charge in [-0.15, -0.1) is 0 Å². The normalized spacial score (nSPS) is 17.8. The molecular formula is C8H9FO. The fraction of sp³-hybridized carbons (Fsp3) is 0.375. The van der Waals surface area contributed by atoms with Crippen LogP contribution in [-0.4, -0.2) is 5.78 Å². The maximum atomic E-state index is 12.4. The van der Waals surface area contributed by atoms with Crippen molar-refractivity contribution in [3.63, 3.8) is 0 Å². The Morgan fingerprint density at radius 2 is 2.40 bits per heavy atom. The molecule has 1 rings (SSSR count). The van der Waals surface area contributed by atoms with Crippen molar-refractivity contribution in [1.82, 2.24) is 0 Å². The van der Waals surface area contributed by atoms with Crippen molar-refractivity contribution in [2.75, 3.05) is 0 Å². The Morgan fingerprint density at radius 1 is 1.70 bits per heavy atom. The minimum atomic E-state index is -0.281. The zero-order chi connectivity index (χ0) is 7.56. The number of rotatable bonds is 1. The van der Waals surface area contributed by atoms with Crippen molar-refractivity contribution in [3.05, 3.63) is 23.6 Å². The molecule has 10 heavy (non-hydrogen) atoms. The molecule has 1 aliphatic rings. The smallest absolute Gasteiger partial charge is 0.155 e. The fourth-order valence-corrected chi connectivity index (χ4v) is 0.941. The molecule has 0 heterocycles. The van der Waals surface area contributed by atoms with Gasteiger partial charge in [-0.1, -0.05) is 0 Å². The average Bonchev–Trinajstić information content (AvgIpc) is 1.88. The predicted octanol–water partition coefficient (Wildman–Crippen LogP) is 2.15. The van der Waals surface area contributed by atoms with Gasteiger partial charge in [0.15, 0.2) is 5.78 Å². The van der Waals surface area contributed by atoms with E-state index in [4.69, 9.17) is 0 Å². The first-order valence-electron chi connectivity index (χ1n) is 3.27. The fourth-order valence-electron chi connectivity index (χ4n) is 0.941. The van der Waals surface area contributed by atoms with Gasteiger partial charge in [-0.05, 0) is 37.5 Å². The van der Waals surface area contributed by atoms with Gasteiger partial charge in [0.2, 0.25) is 0 Å². The quantitative estimate of drug-likeness (QED) is 0.545. The van der Waals surface area contributed by atoms with Crippen molar-refractivity contribution >= 4 is 5.78 Å². The van der Waals surface area contributed by atoms with Crippen LogP contribution in [-0.2, 0) is 4.79 Å². The SMILES string of the molecule is CC(=O)C1=CC(F)=CCC1. The van der Waals surface area contributed by atoms with Crippen LogP contribution in [0.1, 0.15) is 19.8 Å². The van der Waals surface area contributed by atoms with E-state index in [9.17, 15) is 9.18 Å². The van der Waals surface area contributed by atoms with Gasteiger partial charge < -0.3 is 0 Å². The van der Waals surface area contributed by atoms with Crippen LogP contribution in [0, 0.1) is 0 Å². The van der Waals surface area contributed by atoms with Gasteiger partial charge in [-0.3, -0.25) is 4.79 Å². The van der Waals surface area contributed by atoms with E-state index in [0.717, 1.165) is 0 Å². The van der Waals surface area contributed by atoms with E-state index in [1.807, 2.05) is 0 Å². The zero-order valence-electron chi connectivity index (χ0n) is 5.86. The summed E-state index contributed by atoms with van der Waals surface area (Å²) in [6, 6.07) is 0. The highest BCUT2D eigenvalue weighted by Gasteiger charge is 2.07. The number of carbonyl (C=O) groups is 1. The second-order valence-electron chi connectivity index (χ2n) is 2.35. The lowest BCUT2D eigenvalue weighted by atomic mass is 10.0. The van der Waals surface area contributed by atoms with Crippen molar-refractivity contribution in [3.8, 4) is 0 Å². The number of hydrogen-bond acceptors (Lipinski definition) is 1. The first-order chi connectivity index (χ1) is 4.70. The number of hydrogen-bond donors (Lipinski definition) is 0. The van der Waals surface area contributed by atoms with Crippen LogP contribution in [0.5, 0.6) is 0 Å². The molecule has 0 radical (unpaired) electrons. The average molecular weight is 140 g/mol. The summed E-state index contributed by atoms with van der Waals surface area (Å²) in [5.74, 6) is -0.306. The minimum Gasteiger partial charge on any atom is -0.295 e. The first-order valence-corrected chi connectivity index (χ1v) is 3.27. The molecule has 0 amide bonds. The van der Waals surface area contributed by atoms with E-state index >= 15 is 0 Å². The van der Waals surface area contributed by atoms with Gasteiger partial charge in [0.25, 0.3) is 0 Å². The van der Waals surface area contributed by atoms with Crippen LogP contribution in [0.25, 0.3) is 0 Å². The molecule has 0 aromatic carbocycles. The van der Waals surface area contributed by atoms with Crippen LogP contribution in [0.4, 0.5) is 4.39 Å². The molecule has 1 aliphatic carbocycles. The maximum absolute atomic E-state index is 12.4. The molecule has 1 nitrogen and oxygen atoms in total. The highest BCUT2D eigenvalue weighted by molar-refractivity contribution is 5.93. The largest absolute Gasteiger partial charge is 0.295 e. The highest BCUT2D eigenvalue weighted by atomic mass is 19.1. The number of Topliss-reactive ketones (excluding diaryl/α,β-unsaturated/α-hetero) is 1. The summed E-state index contributed by atoms with van der Waals surface area (Å²) in [6.07, 6.45) is 4.14. The van der Waals surface area contributed by atoms with E-state index in [2.05, 4.69) is 0 Å². The first kappa shape index (κ1) is 7.19. The summed E-state index contributed by atoms with van der Waals surface area (Å²) in [7, 11) is 0. The monoisotopic (exact) mass is 140 g/mol. The molecule has 0 bridgehead atoms. The molecule has 0 saturated heterocycles. The molecule has 2 heteroatoms. The second-order valence-corrected chi connectivity index (χ2v) is 2.35. The third-order valence-corrected chi connectivity index (χ3v) is 1.52. The lowest BCUT2D eigenvalue weighted by Crippen LogP contribution is -1.99. The highest BCUT2D eigenvalue weighted by Crippen LogP contribution is 2.18. The molecule has 0 aromatic heterocycles. The molecule has 54 valence electrons. The molecule has 0 N–H and O–H groups in total. The summed E-state index contributed by atoms with van der Waals surface area (Å²) in [4.78, 5) is 10.7. The number of carbonyl (C=O) groups excluding carboxylic acids is 1. The van der Waals surface area contributed by atoms with Gasteiger partial charge >= 0.3 is 0 Å². The number of halogens is 1. The van der Waals surface area contributed by atoms with Crippen molar-refractivity contribution in [2.24, 2.45) is 0 Å². The maximum Gasteiger partial charge on any atom is 0.155 e. The number of allylic oxidation sites excluding steroid dienone is 4. The van der Waals surface area contributed by atoms with Crippen molar-refractivity contribution in [1.29, 1.82) is 0 Å². The van der Waals surface area contributed by atoms with Crippen LogP contribution in [0.2, 0.25) is 0 Å². The van der Waals surface area contributed by atoms with Crippen molar-refractivity contribution < 1.29 is 9.18 Å². The van der Waals surface area contributed by atoms with Crippen LogP contribution < -0.4 is 0 Å². The van der Waals surface area contributed by atoms with Gasteiger partial charge in [0.05, 0.1) is 0 Å². The molecule has 0 unspecified atom stereocenters. The van der Waals surface area contributed by atoms with Gasteiger partial charge in [0, 0.05) is 0 Å². The Hall–Kier alpha value is -0.920. The molecular weight excluding hydrogens is 131 g/mol. The van der Waals surface area contributed by atoms with Gasteiger partial charge in [0.1, 0.15) is 5.83 Å². The predicted molar refractivity (Wildman–Crippen MR) is 37.2 cm³/mol. The summed E-state index contributed by atoms with van der Waals surface area (Å²) in [5.41, 5.74) is 0.597. The van der Waals surface area contributed by atoms with E-state index in [1.54, 1.807) is 0 Å². The Kier molecular flexibility index (Phi) is 2.00. The van der Waals surface area contributed by atoms with Gasteiger partial charge in [-0.25, -0.2) is 4.39 Å². The Morgan fingerprint density at radius 3 is 2.80 bits per heavy atom. The summed E-state index contributed by atoms with van der Waals surface area (Å²) < 4.78 is 12.4. The summed E-state index contributed by atoms with van der Waals surface area (Å²) >= 11 is 0. The molecule has 0 aliphatic heterocycles. The third kappa shape index (κ3) is 1.53. The minimum absolute atomic E-state index is 0.0248. The zero-order valence-corrected chi connectivity index (χ0v) is 5.86. The van der Waals surface area contributed by atoms with E-state index in [1.165, 1.54) is 19.1 Å². The van der Waals surface area contributed by atoms with Gasteiger partial charge in [-0.2, -0.15) is 0 Å². The van der Waals surface area contributed by atoms with Crippen LogP contribution in [0.3, 0.4) is 0 Å². The lowest BCUT2D eigenvalue weighted by molar-refractivity contribution is -0.113. The number of ketones is 1. The van der Waals surface area contributed by atoms with Crippen LogP contribution >= 0.6 is 0 Å². The summed E-state index contributed by atoms with van der Waals surface area (Å²) in [5, 5.41) is 0. The molecule has 0 aromatic rings. The molecule has 0 spiro atoms. The van der Waals surface area contributed by atoms with E-state index < -0.39 is 0 Å². The Bertz CT molecular complexity index is 213. The van der Waals surface area contributed by atoms with Crippen LogP contribution in [0.15, 0.2) is 23.6 Å². The summed E-state index contributed by atoms with van der Waals surface area (Å²) in [6.45, 7) is 1.46. The third-order valence-electron chi connectivity index (χ3n) is 1.52. The molecule has 0 atom stereocenters. The Balaban J connectivity index is 2.78. The molecule has 0 saturated carbocycles. The Labute approximate surface area is 59.2 Å². The van der Waals surface area contributed by atoms with E-state index in [0.29, 0.717) is 18.4 Å².